The molecule has 0 radical (unpaired) electrons. The van der Waals surface area contributed by atoms with E-state index in [1.54, 1.807) is 20.8 Å². The van der Waals surface area contributed by atoms with E-state index in [0.717, 1.165) is 12.8 Å². The van der Waals surface area contributed by atoms with Gasteiger partial charge in [-0.2, -0.15) is 0 Å². The Morgan fingerprint density at radius 1 is 1.09 bits per heavy atom. The van der Waals surface area contributed by atoms with Gasteiger partial charge in [0.2, 0.25) is 0 Å². The minimum atomic E-state index is -0.525. The molecule has 0 amide bonds. The van der Waals surface area contributed by atoms with Crippen LogP contribution >= 0.6 is 0 Å². The summed E-state index contributed by atoms with van der Waals surface area (Å²) < 4.78 is 10.9. The number of fused-ring (bicyclic) bond motifs is 2. The van der Waals surface area contributed by atoms with E-state index in [9.17, 15) is 9.59 Å². The molecule has 3 atom stereocenters. The van der Waals surface area contributed by atoms with Gasteiger partial charge in [0.05, 0.1) is 5.57 Å². The van der Waals surface area contributed by atoms with Crippen LogP contribution in [0.3, 0.4) is 0 Å². The van der Waals surface area contributed by atoms with Gasteiger partial charge in [0.1, 0.15) is 11.9 Å². The van der Waals surface area contributed by atoms with E-state index >= 15 is 0 Å². The van der Waals surface area contributed by atoms with Crippen molar-refractivity contribution in [2.24, 2.45) is 16.7 Å². The third-order valence-electron chi connectivity index (χ3n) is 6.39. The number of esters is 2. The molecule has 0 spiro atoms. The molecular weight excluding hydrogens is 292 g/mol. The molecule has 1 unspecified atom stereocenters. The zero-order valence-electron chi connectivity index (χ0n) is 15.1. The van der Waals surface area contributed by atoms with E-state index in [1.807, 2.05) is 0 Å². The molecule has 0 aliphatic heterocycles. The van der Waals surface area contributed by atoms with Crippen LogP contribution in [0.15, 0.2) is 23.5 Å². The molecule has 2 saturated carbocycles. The van der Waals surface area contributed by atoms with Crippen molar-refractivity contribution >= 4 is 11.9 Å². The molecule has 2 rings (SSSR count). The summed E-state index contributed by atoms with van der Waals surface area (Å²) in [4.78, 5) is 24.0. The van der Waals surface area contributed by atoms with Gasteiger partial charge >= 0.3 is 11.9 Å². The number of rotatable bonds is 4. The molecular formula is C19H28O4. The van der Waals surface area contributed by atoms with E-state index in [1.165, 1.54) is 6.42 Å². The first kappa shape index (κ1) is 17.8. The highest BCUT2D eigenvalue weighted by Crippen LogP contribution is 2.66. The van der Waals surface area contributed by atoms with Crippen LogP contribution in [0, 0.1) is 16.7 Å². The minimum Gasteiger partial charge on any atom is -0.458 e. The summed E-state index contributed by atoms with van der Waals surface area (Å²) in [6, 6.07) is 0. The smallest absolute Gasteiger partial charge is 0.338 e. The first-order valence-electron chi connectivity index (χ1n) is 8.27. The van der Waals surface area contributed by atoms with Gasteiger partial charge < -0.3 is 9.47 Å². The average molecular weight is 320 g/mol. The van der Waals surface area contributed by atoms with Crippen molar-refractivity contribution < 1.29 is 19.1 Å². The zero-order valence-corrected chi connectivity index (χ0v) is 15.1. The Hall–Kier alpha value is -1.58. The minimum absolute atomic E-state index is 0.0237. The molecule has 0 aromatic rings. The third-order valence-corrected chi connectivity index (χ3v) is 6.39. The molecule has 23 heavy (non-hydrogen) atoms. The van der Waals surface area contributed by atoms with Crippen molar-refractivity contribution in [3.8, 4) is 0 Å². The number of ether oxygens (including phenoxy) is 2. The molecule has 4 heteroatoms. The van der Waals surface area contributed by atoms with E-state index < -0.39 is 11.9 Å². The molecule has 0 saturated heterocycles. The Labute approximate surface area is 138 Å². The van der Waals surface area contributed by atoms with Gasteiger partial charge in [-0.3, -0.25) is 0 Å². The average Bonchev–Trinajstić information content (AvgIpc) is 2.79. The maximum atomic E-state index is 12.4. The molecule has 0 heterocycles. The van der Waals surface area contributed by atoms with Crippen LogP contribution in [0.25, 0.3) is 0 Å². The fraction of sp³-hybridized carbons (Fsp3) is 0.684. The molecule has 2 aliphatic rings. The highest BCUT2D eigenvalue weighted by Gasteiger charge is 2.62. The third kappa shape index (κ3) is 2.84. The number of carbonyl (C=O) groups is 2. The molecule has 2 fully saturated rings. The summed E-state index contributed by atoms with van der Waals surface area (Å²) in [5.41, 5.74) is 0.851. The summed E-state index contributed by atoms with van der Waals surface area (Å²) >= 11 is 0. The molecule has 4 nitrogen and oxygen atoms in total. The predicted molar refractivity (Wildman–Crippen MR) is 88.4 cm³/mol. The van der Waals surface area contributed by atoms with Gasteiger partial charge in [0.15, 0.2) is 0 Å². The van der Waals surface area contributed by atoms with Crippen LogP contribution < -0.4 is 0 Å². The Bertz CT molecular complexity index is 584. The van der Waals surface area contributed by atoms with Crippen molar-refractivity contribution in [3.05, 3.63) is 23.5 Å². The number of allylic oxidation sites excluding steroid dienone is 1. The molecule has 128 valence electrons. The molecule has 2 aliphatic carbocycles. The van der Waals surface area contributed by atoms with Crippen molar-refractivity contribution in [1.82, 2.24) is 0 Å². The number of carbonyl (C=O) groups excluding carboxylic acids is 2. The molecule has 0 aromatic heterocycles. The predicted octanol–water partition coefficient (Wildman–Crippen LogP) is 4.16. The molecule has 0 aromatic carbocycles. The van der Waals surface area contributed by atoms with Gasteiger partial charge in [-0.15, -0.1) is 0 Å². The largest absolute Gasteiger partial charge is 0.458 e. The van der Waals surface area contributed by atoms with Crippen LogP contribution in [-0.4, -0.2) is 18.0 Å². The summed E-state index contributed by atoms with van der Waals surface area (Å²) in [6.07, 6.45) is 3.16. The number of hydrogen-bond donors (Lipinski definition) is 0. The van der Waals surface area contributed by atoms with E-state index in [-0.39, 0.29) is 22.7 Å². The lowest BCUT2D eigenvalue weighted by Gasteiger charge is -2.38. The normalized spacial score (nSPS) is 32.3. The molecule has 2 bridgehead atoms. The zero-order chi connectivity index (χ0) is 17.6. The quantitative estimate of drug-likeness (QED) is 0.443. The topological polar surface area (TPSA) is 52.6 Å². The van der Waals surface area contributed by atoms with Gasteiger partial charge in [0.25, 0.3) is 0 Å². The first-order chi connectivity index (χ1) is 10.5. The fourth-order valence-corrected chi connectivity index (χ4v) is 3.97. The standard InChI is InChI=1S/C19H28O4/c1-11(2)16(20)22-13(4)12(3)17(21)23-15-10-14-8-9-19(15,7)18(14,5)6/h14-15H,1,8-10H2,2-7H3/t14-,15?,19-/m1/s1. The summed E-state index contributed by atoms with van der Waals surface area (Å²) in [5, 5.41) is 0. The summed E-state index contributed by atoms with van der Waals surface area (Å²) in [5.74, 6) is -0.0400. The van der Waals surface area contributed by atoms with E-state index in [0.29, 0.717) is 17.1 Å². The van der Waals surface area contributed by atoms with E-state index in [4.69, 9.17) is 9.47 Å². The lowest BCUT2D eigenvalue weighted by atomic mass is 9.70. The monoisotopic (exact) mass is 320 g/mol. The second-order valence-corrected chi connectivity index (χ2v) is 7.86. The lowest BCUT2D eigenvalue weighted by molar-refractivity contribution is -0.152. The van der Waals surface area contributed by atoms with Crippen LogP contribution in [-0.2, 0) is 19.1 Å². The van der Waals surface area contributed by atoms with Crippen molar-refractivity contribution in [2.75, 3.05) is 0 Å². The van der Waals surface area contributed by atoms with Gasteiger partial charge in [-0.25, -0.2) is 9.59 Å². The lowest BCUT2D eigenvalue weighted by Crippen LogP contribution is -2.38. The second-order valence-electron chi connectivity index (χ2n) is 7.86. The van der Waals surface area contributed by atoms with Crippen LogP contribution in [0.1, 0.15) is 60.8 Å². The SMILES string of the molecule is C=C(C)C(=O)OC(C)=C(C)C(=O)OC1C[C@H]2CC[C@@]1(C)C2(C)C. The summed E-state index contributed by atoms with van der Waals surface area (Å²) in [7, 11) is 0. The fourth-order valence-electron chi connectivity index (χ4n) is 3.97. The van der Waals surface area contributed by atoms with Crippen LogP contribution in [0.2, 0.25) is 0 Å². The highest BCUT2D eigenvalue weighted by atomic mass is 16.6. The van der Waals surface area contributed by atoms with Gasteiger partial charge in [-0.05, 0) is 51.4 Å². The Balaban J connectivity index is 2.08. The maximum Gasteiger partial charge on any atom is 0.338 e. The van der Waals surface area contributed by atoms with E-state index in [2.05, 4.69) is 27.4 Å². The van der Waals surface area contributed by atoms with Crippen LogP contribution in [0.5, 0.6) is 0 Å². The number of hydrogen-bond acceptors (Lipinski definition) is 4. The second kappa shape index (κ2) is 5.81. The van der Waals surface area contributed by atoms with Gasteiger partial charge in [0, 0.05) is 11.0 Å². The Morgan fingerprint density at radius 3 is 2.13 bits per heavy atom. The summed E-state index contributed by atoms with van der Waals surface area (Å²) in [6.45, 7) is 15.1. The van der Waals surface area contributed by atoms with Crippen molar-refractivity contribution in [2.45, 2.75) is 66.9 Å². The van der Waals surface area contributed by atoms with Crippen molar-refractivity contribution in [1.29, 1.82) is 0 Å². The first-order valence-corrected chi connectivity index (χ1v) is 8.27. The van der Waals surface area contributed by atoms with Gasteiger partial charge in [-0.1, -0.05) is 27.4 Å². The van der Waals surface area contributed by atoms with Crippen molar-refractivity contribution in [3.63, 3.8) is 0 Å². The van der Waals surface area contributed by atoms with Crippen LogP contribution in [0.4, 0.5) is 0 Å². The Morgan fingerprint density at radius 2 is 1.70 bits per heavy atom. The Kier molecular flexibility index (Phi) is 4.49. The maximum absolute atomic E-state index is 12.4. The molecule has 0 N–H and O–H groups in total. The highest BCUT2D eigenvalue weighted by molar-refractivity contribution is 5.91.